The van der Waals surface area contributed by atoms with Gasteiger partial charge in [0.15, 0.2) is 23.3 Å². The van der Waals surface area contributed by atoms with E-state index in [4.69, 9.17) is 0 Å². The van der Waals surface area contributed by atoms with Crippen molar-refractivity contribution in [2.75, 3.05) is 0 Å². The van der Waals surface area contributed by atoms with Gasteiger partial charge in [0.25, 0.3) is 0 Å². The molecule has 0 unspecified atom stereocenters. The van der Waals surface area contributed by atoms with Crippen molar-refractivity contribution in [2.24, 2.45) is 0 Å². The summed E-state index contributed by atoms with van der Waals surface area (Å²) in [4.78, 5) is 0. The Bertz CT molecular complexity index is 1510. The minimum atomic E-state index is -5.40. The second-order valence-corrected chi connectivity index (χ2v) is 8.23. The molecule has 39 heavy (non-hydrogen) atoms. The third kappa shape index (κ3) is 5.94. The Balaban J connectivity index is 1.61. The summed E-state index contributed by atoms with van der Waals surface area (Å²) < 4.78 is 146. The van der Waals surface area contributed by atoms with E-state index in [0.29, 0.717) is 24.3 Å². The highest BCUT2D eigenvalue weighted by Crippen LogP contribution is 2.39. The molecule has 4 aromatic carbocycles. The number of halogens is 10. The molecule has 0 N–H and O–H groups in total. The van der Waals surface area contributed by atoms with Gasteiger partial charge in [-0.05, 0) is 48.4 Å². The van der Waals surface area contributed by atoms with Crippen molar-refractivity contribution in [1.29, 1.82) is 0 Å². The minimum Gasteiger partial charge on any atom is -0.429 e. The molecule has 2 nitrogen and oxygen atoms in total. The molecular formula is C27H14F10O2. The first kappa shape index (κ1) is 27.8. The van der Waals surface area contributed by atoms with Crippen LogP contribution >= 0.6 is 0 Å². The second kappa shape index (κ2) is 10.2. The first-order valence-corrected chi connectivity index (χ1v) is 10.8. The van der Waals surface area contributed by atoms with Gasteiger partial charge >= 0.3 is 12.5 Å². The lowest BCUT2D eigenvalue weighted by molar-refractivity contribution is -0.276. The van der Waals surface area contributed by atoms with Crippen LogP contribution < -0.4 is 9.47 Å². The standard InChI is InChI=1S/C27H14F10O2/c1-13-2-4-14(5-3-13)18-8-9-19(24(32)23(18)31)26(33,34)38-16-6-7-17(20(28)12-16)15-10-21(29)25(22(30)11-15)39-27(35,36)37/h2-12H,1H3. The van der Waals surface area contributed by atoms with Crippen molar-refractivity contribution in [3.8, 4) is 33.8 Å². The molecule has 0 radical (unpaired) electrons. The second-order valence-electron chi connectivity index (χ2n) is 8.23. The van der Waals surface area contributed by atoms with Crippen LogP contribution in [0.3, 0.4) is 0 Å². The fourth-order valence-corrected chi connectivity index (χ4v) is 3.66. The molecule has 0 aromatic heterocycles. The van der Waals surface area contributed by atoms with E-state index in [2.05, 4.69) is 9.47 Å². The molecule has 0 aliphatic heterocycles. The van der Waals surface area contributed by atoms with Gasteiger partial charge in [-0.1, -0.05) is 35.9 Å². The van der Waals surface area contributed by atoms with Gasteiger partial charge in [0, 0.05) is 17.2 Å². The van der Waals surface area contributed by atoms with E-state index in [9.17, 15) is 43.9 Å². The number of benzene rings is 4. The Kier molecular flexibility index (Phi) is 7.24. The Hall–Kier alpha value is -4.22. The van der Waals surface area contributed by atoms with Crippen molar-refractivity contribution in [3.05, 3.63) is 107 Å². The van der Waals surface area contributed by atoms with E-state index in [-0.39, 0.29) is 11.1 Å². The largest absolute Gasteiger partial charge is 0.573 e. The van der Waals surface area contributed by atoms with Gasteiger partial charge in [0.1, 0.15) is 17.1 Å². The number of hydrogen-bond acceptors (Lipinski definition) is 2. The van der Waals surface area contributed by atoms with Gasteiger partial charge in [-0.3, -0.25) is 0 Å². The monoisotopic (exact) mass is 560 g/mol. The SMILES string of the molecule is Cc1ccc(-c2ccc(C(F)(F)Oc3ccc(-c4cc(F)c(OC(F)(F)F)c(F)c4)c(F)c3)c(F)c2F)cc1. The van der Waals surface area contributed by atoms with E-state index in [1.165, 1.54) is 12.1 Å². The fourth-order valence-electron chi connectivity index (χ4n) is 3.66. The highest BCUT2D eigenvalue weighted by molar-refractivity contribution is 5.67. The summed E-state index contributed by atoms with van der Waals surface area (Å²) in [5.74, 6) is -11.1. The maximum absolute atomic E-state index is 14.8. The van der Waals surface area contributed by atoms with Gasteiger partial charge in [0.2, 0.25) is 5.75 Å². The minimum absolute atomic E-state index is 0.233. The van der Waals surface area contributed by atoms with Gasteiger partial charge in [-0.15, -0.1) is 13.2 Å². The molecule has 0 saturated carbocycles. The van der Waals surface area contributed by atoms with Crippen molar-refractivity contribution in [2.45, 2.75) is 19.4 Å². The third-order valence-corrected chi connectivity index (χ3v) is 5.47. The molecule has 12 heteroatoms. The van der Waals surface area contributed by atoms with Crippen LogP contribution in [0, 0.1) is 36.0 Å². The summed E-state index contributed by atoms with van der Waals surface area (Å²) >= 11 is 0. The third-order valence-electron chi connectivity index (χ3n) is 5.47. The van der Waals surface area contributed by atoms with Gasteiger partial charge in [-0.2, -0.15) is 8.78 Å². The zero-order valence-electron chi connectivity index (χ0n) is 19.4. The Morgan fingerprint density at radius 1 is 0.564 bits per heavy atom. The first-order chi connectivity index (χ1) is 18.2. The van der Waals surface area contributed by atoms with Crippen molar-refractivity contribution in [1.82, 2.24) is 0 Å². The zero-order chi connectivity index (χ0) is 28.7. The summed E-state index contributed by atoms with van der Waals surface area (Å²) in [5.41, 5.74) is -1.89. The van der Waals surface area contributed by atoms with E-state index in [0.717, 1.165) is 23.8 Å². The highest BCUT2D eigenvalue weighted by Gasteiger charge is 2.40. The molecule has 0 bridgehead atoms. The molecule has 0 amide bonds. The Morgan fingerprint density at radius 2 is 1.15 bits per heavy atom. The normalized spacial score (nSPS) is 12.0. The van der Waals surface area contributed by atoms with Crippen molar-refractivity contribution in [3.63, 3.8) is 0 Å². The van der Waals surface area contributed by atoms with E-state index in [1.54, 1.807) is 19.1 Å². The lowest BCUT2D eigenvalue weighted by atomic mass is 10.0. The van der Waals surface area contributed by atoms with Crippen LogP contribution in [-0.4, -0.2) is 6.36 Å². The molecule has 4 aromatic rings. The van der Waals surface area contributed by atoms with Gasteiger partial charge in [-0.25, -0.2) is 22.0 Å². The number of aryl methyl sites for hydroxylation is 1. The molecule has 0 aliphatic carbocycles. The zero-order valence-corrected chi connectivity index (χ0v) is 19.4. The van der Waals surface area contributed by atoms with E-state index in [1.807, 2.05) is 0 Å². The van der Waals surface area contributed by atoms with Crippen LogP contribution in [0.4, 0.5) is 43.9 Å². The first-order valence-electron chi connectivity index (χ1n) is 10.8. The Labute approximate surface area is 214 Å². The van der Waals surface area contributed by atoms with Gasteiger partial charge in [0.05, 0.1) is 0 Å². The van der Waals surface area contributed by atoms with Gasteiger partial charge < -0.3 is 9.47 Å². The molecule has 0 aliphatic rings. The van der Waals surface area contributed by atoms with Crippen molar-refractivity contribution < 1.29 is 53.4 Å². The molecule has 0 saturated heterocycles. The summed E-state index contributed by atoms with van der Waals surface area (Å²) in [7, 11) is 0. The average Bonchev–Trinajstić information content (AvgIpc) is 2.83. The molecule has 0 heterocycles. The molecule has 0 atom stereocenters. The van der Waals surface area contributed by atoms with Crippen LogP contribution in [0.2, 0.25) is 0 Å². The smallest absolute Gasteiger partial charge is 0.429 e. The maximum atomic E-state index is 14.8. The van der Waals surface area contributed by atoms with Crippen LogP contribution in [0.25, 0.3) is 22.3 Å². The van der Waals surface area contributed by atoms with E-state index < -0.39 is 69.7 Å². The summed E-state index contributed by atoms with van der Waals surface area (Å²) in [6.07, 6.45) is -9.89. The summed E-state index contributed by atoms with van der Waals surface area (Å²) in [6.45, 7) is 1.76. The lowest BCUT2D eigenvalue weighted by Crippen LogP contribution is -2.24. The molecule has 0 spiro atoms. The van der Waals surface area contributed by atoms with Crippen molar-refractivity contribution >= 4 is 0 Å². The number of ether oxygens (including phenoxy) is 2. The maximum Gasteiger partial charge on any atom is 0.573 e. The van der Waals surface area contributed by atoms with Crippen LogP contribution in [0.15, 0.2) is 66.7 Å². The Morgan fingerprint density at radius 3 is 1.72 bits per heavy atom. The molecule has 204 valence electrons. The summed E-state index contributed by atoms with van der Waals surface area (Å²) in [6, 6.07) is 10.2. The topological polar surface area (TPSA) is 18.5 Å². The fraction of sp³-hybridized carbons (Fsp3) is 0.111. The van der Waals surface area contributed by atoms with Crippen LogP contribution in [-0.2, 0) is 6.11 Å². The number of rotatable bonds is 6. The average molecular weight is 560 g/mol. The molecular weight excluding hydrogens is 546 g/mol. The quantitative estimate of drug-likeness (QED) is 0.219. The lowest BCUT2D eigenvalue weighted by Gasteiger charge is -2.20. The number of alkyl halides is 5. The van der Waals surface area contributed by atoms with E-state index >= 15 is 0 Å². The van der Waals surface area contributed by atoms with Crippen LogP contribution in [0.5, 0.6) is 11.5 Å². The molecule has 4 rings (SSSR count). The summed E-state index contributed by atoms with van der Waals surface area (Å²) in [5, 5.41) is 0. The predicted octanol–water partition coefficient (Wildman–Crippen LogP) is 9.05. The van der Waals surface area contributed by atoms with Crippen LogP contribution in [0.1, 0.15) is 11.1 Å². The molecule has 0 fully saturated rings. The number of hydrogen-bond donors (Lipinski definition) is 0. The predicted molar refractivity (Wildman–Crippen MR) is 119 cm³/mol. The highest BCUT2D eigenvalue weighted by atomic mass is 19.4.